The lowest BCUT2D eigenvalue weighted by Crippen LogP contribution is -2.25. The lowest BCUT2D eigenvalue weighted by molar-refractivity contribution is -0.134. The molecule has 0 saturated carbocycles. The number of aromatic nitrogens is 2. The zero-order chi connectivity index (χ0) is 20.4. The molecule has 1 aromatic heterocycles. The summed E-state index contributed by atoms with van der Waals surface area (Å²) in [5.41, 5.74) is 0.981. The van der Waals surface area contributed by atoms with Gasteiger partial charge in [0.15, 0.2) is 0 Å². The molecule has 0 saturated heterocycles. The van der Waals surface area contributed by atoms with E-state index in [0.717, 1.165) is 22.0 Å². The molecule has 0 radical (unpaired) electrons. The molecule has 154 valence electrons. The van der Waals surface area contributed by atoms with Gasteiger partial charge in [0.1, 0.15) is 21.1 Å². The molecule has 0 N–H and O–H groups in total. The van der Waals surface area contributed by atoms with Crippen molar-refractivity contribution in [2.75, 3.05) is 0 Å². The molecule has 1 heterocycles. The van der Waals surface area contributed by atoms with Crippen LogP contribution >= 0.6 is 22.9 Å². The van der Waals surface area contributed by atoms with Gasteiger partial charge in [0.05, 0.1) is 0 Å². The number of nitrogens with zero attached hydrogens (tertiary/aromatic N) is 2. The van der Waals surface area contributed by atoms with Crippen molar-refractivity contribution >= 4 is 28.9 Å². The third-order valence-electron chi connectivity index (χ3n) is 4.59. The first-order chi connectivity index (χ1) is 13.5. The van der Waals surface area contributed by atoms with Gasteiger partial charge in [-0.2, -0.15) is 0 Å². The summed E-state index contributed by atoms with van der Waals surface area (Å²) in [6, 6.07) is 7.35. The fourth-order valence-corrected chi connectivity index (χ4v) is 3.75. The van der Waals surface area contributed by atoms with E-state index in [1.54, 1.807) is 23.5 Å². The summed E-state index contributed by atoms with van der Waals surface area (Å²) in [5.74, 6) is 0.106. The Hall–Kier alpha value is -1.46. The van der Waals surface area contributed by atoms with E-state index in [9.17, 15) is 4.79 Å². The van der Waals surface area contributed by atoms with Gasteiger partial charge in [-0.25, -0.2) is 0 Å². The highest BCUT2D eigenvalue weighted by atomic mass is 35.5. The zero-order valence-electron chi connectivity index (χ0n) is 17.1. The van der Waals surface area contributed by atoms with Crippen LogP contribution in [0.15, 0.2) is 24.3 Å². The molecule has 2 aromatic rings. The summed E-state index contributed by atoms with van der Waals surface area (Å²) in [6.45, 7) is 6.03. The molecule has 0 amide bonds. The Morgan fingerprint density at radius 1 is 1.04 bits per heavy atom. The van der Waals surface area contributed by atoms with Crippen LogP contribution in [0.3, 0.4) is 0 Å². The van der Waals surface area contributed by atoms with Crippen molar-refractivity contribution in [3.05, 3.63) is 29.3 Å². The highest BCUT2D eigenvalue weighted by Gasteiger charge is 2.21. The second-order valence-corrected chi connectivity index (χ2v) is 9.00. The Kier molecular flexibility index (Phi) is 9.93. The Bertz CT molecular complexity index is 716. The molecule has 2 rings (SSSR count). The van der Waals surface area contributed by atoms with E-state index in [4.69, 9.17) is 16.3 Å². The van der Waals surface area contributed by atoms with E-state index < -0.39 is 11.3 Å². The standard InChI is InChI=1S/C22H31ClN2O2S/c1-4-5-6-7-8-9-10-11-19-24-25-21(28-19)17-12-14-18(15-13-17)27-22(26)20(23)16(2)3/h12-16,20H,4-11H2,1-3H3/t20-/m0/s1. The number of hydrogen-bond acceptors (Lipinski definition) is 5. The lowest BCUT2D eigenvalue weighted by Gasteiger charge is -2.12. The number of esters is 1. The van der Waals surface area contributed by atoms with E-state index in [1.807, 2.05) is 26.0 Å². The van der Waals surface area contributed by atoms with Crippen molar-refractivity contribution < 1.29 is 9.53 Å². The van der Waals surface area contributed by atoms with Crippen LogP contribution in [0.4, 0.5) is 0 Å². The van der Waals surface area contributed by atoms with Crippen molar-refractivity contribution in [3.8, 4) is 16.3 Å². The molecule has 6 heteroatoms. The molecule has 0 bridgehead atoms. The van der Waals surface area contributed by atoms with Crippen LogP contribution in [0, 0.1) is 5.92 Å². The van der Waals surface area contributed by atoms with E-state index in [-0.39, 0.29) is 5.92 Å². The average Bonchev–Trinajstić information content (AvgIpc) is 3.16. The van der Waals surface area contributed by atoms with Crippen LogP contribution < -0.4 is 4.74 Å². The molecule has 0 aliphatic heterocycles. The lowest BCUT2D eigenvalue weighted by atomic mass is 10.1. The van der Waals surface area contributed by atoms with Gasteiger partial charge >= 0.3 is 5.97 Å². The topological polar surface area (TPSA) is 52.1 Å². The Labute approximate surface area is 177 Å². The normalized spacial score (nSPS) is 12.3. The largest absolute Gasteiger partial charge is 0.425 e. The van der Waals surface area contributed by atoms with Crippen molar-refractivity contribution in [1.82, 2.24) is 10.2 Å². The molecule has 28 heavy (non-hydrogen) atoms. The predicted molar refractivity (Wildman–Crippen MR) is 117 cm³/mol. The molecule has 0 spiro atoms. The average molecular weight is 423 g/mol. The van der Waals surface area contributed by atoms with Crippen molar-refractivity contribution in [2.45, 2.75) is 77.5 Å². The first-order valence-corrected chi connectivity index (χ1v) is 11.5. The maximum atomic E-state index is 11.9. The molecule has 1 aromatic carbocycles. The summed E-state index contributed by atoms with van der Waals surface area (Å²) in [6.07, 6.45) is 10.1. The fourth-order valence-electron chi connectivity index (χ4n) is 2.81. The minimum Gasteiger partial charge on any atom is -0.425 e. The Morgan fingerprint density at radius 2 is 1.68 bits per heavy atom. The Morgan fingerprint density at radius 3 is 2.32 bits per heavy atom. The number of carbonyl (C=O) groups is 1. The van der Waals surface area contributed by atoms with Crippen LogP contribution in [-0.2, 0) is 11.2 Å². The van der Waals surface area contributed by atoms with Crippen LogP contribution in [0.1, 0.15) is 70.7 Å². The number of ether oxygens (including phenoxy) is 1. The second kappa shape index (κ2) is 12.2. The van der Waals surface area contributed by atoms with Gasteiger partial charge in [0.2, 0.25) is 0 Å². The summed E-state index contributed by atoms with van der Waals surface area (Å²) in [5, 5.41) is 9.97. The second-order valence-electron chi connectivity index (χ2n) is 7.46. The number of hydrogen-bond donors (Lipinski definition) is 0. The highest BCUT2D eigenvalue weighted by molar-refractivity contribution is 7.14. The van der Waals surface area contributed by atoms with Gasteiger partial charge in [-0.05, 0) is 36.6 Å². The van der Waals surface area contributed by atoms with Crippen LogP contribution in [0.5, 0.6) is 5.75 Å². The molecule has 1 atom stereocenters. The summed E-state index contributed by atoms with van der Waals surface area (Å²) in [7, 11) is 0. The molecular formula is C22H31ClN2O2S. The van der Waals surface area contributed by atoms with E-state index in [0.29, 0.717) is 5.75 Å². The number of benzene rings is 1. The summed E-state index contributed by atoms with van der Waals surface area (Å²) < 4.78 is 5.33. The van der Waals surface area contributed by atoms with Gasteiger partial charge in [0.25, 0.3) is 0 Å². The minimum absolute atomic E-state index is 0.0320. The van der Waals surface area contributed by atoms with Gasteiger partial charge < -0.3 is 4.74 Å². The van der Waals surface area contributed by atoms with Crippen molar-refractivity contribution in [3.63, 3.8) is 0 Å². The van der Waals surface area contributed by atoms with E-state index in [2.05, 4.69) is 17.1 Å². The third-order valence-corrected chi connectivity index (χ3v) is 6.31. The minimum atomic E-state index is -0.642. The number of rotatable bonds is 12. The number of aryl methyl sites for hydroxylation is 1. The first kappa shape index (κ1) is 22.8. The number of alkyl halides is 1. The SMILES string of the molecule is CCCCCCCCCc1nnc(-c2ccc(OC(=O)[C@@H](Cl)C(C)C)cc2)s1. The molecule has 0 fully saturated rings. The summed E-state index contributed by atoms with van der Waals surface area (Å²) in [4.78, 5) is 11.9. The van der Waals surface area contributed by atoms with Crippen molar-refractivity contribution in [2.24, 2.45) is 5.92 Å². The molecular weight excluding hydrogens is 392 g/mol. The van der Waals surface area contributed by atoms with Crippen LogP contribution in [0.25, 0.3) is 10.6 Å². The van der Waals surface area contributed by atoms with E-state index in [1.165, 1.54) is 44.9 Å². The first-order valence-electron chi connectivity index (χ1n) is 10.3. The van der Waals surface area contributed by atoms with Crippen molar-refractivity contribution in [1.29, 1.82) is 0 Å². The molecule has 0 aliphatic carbocycles. The predicted octanol–water partition coefficient (Wildman–Crippen LogP) is 6.67. The molecule has 0 unspecified atom stereocenters. The fraction of sp³-hybridized carbons (Fsp3) is 0.591. The quantitative estimate of drug-likeness (QED) is 0.166. The van der Waals surface area contributed by atoms with Gasteiger partial charge in [-0.1, -0.05) is 70.6 Å². The highest BCUT2D eigenvalue weighted by Crippen LogP contribution is 2.27. The Balaban J connectivity index is 1.80. The maximum Gasteiger partial charge on any atom is 0.329 e. The zero-order valence-corrected chi connectivity index (χ0v) is 18.7. The third kappa shape index (κ3) is 7.51. The van der Waals surface area contributed by atoms with E-state index >= 15 is 0 Å². The molecule has 4 nitrogen and oxygen atoms in total. The van der Waals surface area contributed by atoms with Gasteiger partial charge in [-0.15, -0.1) is 21.8 Å². The van der Waals surface area contributed by atoms with Crippen LogP contribution in [-0.4, -0.2) is 21.5 Å². The van der Waals surface area contributed by atoms with Crippen LogP contribution in [0.2, 0.25) is 0 Å². The summed E-state index contributed by atoms with van der Waals surface area (Å²) >= 11 is 7.67. The number of halogens is 1. The smallest absolute Gasteiger partial charge is 0.329 e. The van der Waals surface area contributed by atoms with Gasteiger partial charge in [0, 0.05) is 12.0 Å². The maximum absolute atomic E-state index is 11.9. The van der Waals surface area contributed by atoms with Gasteiger partial charge in [-0.3, -0.25) is 4.79 Å². The number of unbranched alkanes of at least 4 members (excludes halogenated alkanes) is 6. The monoisotopic (exact) mass is 422 g/mol. The number of carbonyl (C=O) groups excluding carboxylic acids is 1. The molecule has 0 aliphatic rings.